The number of hydrogen-bond donors (Lipinski definition) is 2. The van der Waals surface area contributed by atoms with Gasteiger partial charge in [-0.05, 0) is 48.4 Å². The molecule has 2 rings (SSSR count). The average Bonchev–Trinajstić information content (AvgIpc) is 2.47. The number of ether oxygens (including phenoxy) is 1. The number of halogens is 6. The van der Waals surface area contributed by atoms with E-state index in [1.165, 1.54) is 24.3 Å². The number of nitrogens with two attached hydrogens (primary N) is 1. The predicted octanol–water partition coefficient (Wildman–Crippen LogP) is 4.45. The van der Waals surface area contributed by atoms with Crippen LogP contribution >= 0.6 is 24.0 Å². The van der Waals surface area contributed by atoms with Gasteiger partial charge in [0.05, 0.1) is 0 Å². The van der Waals surface area contributed by atoms with E-state index in [1.54, 1.807) is 0 Å². The summed E-state index contributed by atoms with van der Waals surface area (Å²) in [6.07, 6.45) is -4.48. The summed E-state index contributed by atoms with van der Waals surface area (Å²) in [6.45, 7) is 0.178. The highest BCUT2D eigenvalue weighted by Gasteiger charge is 2.30. The lowest BCUT2D eigenvalue weighted by Gasteiger charge is -2.10. The van der Waals surface area contributed by atoms with E-state index in [0.717, 1.165) is 18.2 Å². The topological polar surface area (TPSA) is 59.6 Å². The SMILES string of the molecule is I.NC(=NCCc1cc(F)cc(F)c1)Nc1ccc(OC(F)(F)F)cc1. The molecular weight excluding hydrogens is 472 g/mol. The van der Waals surface area contributed by atoms with Gasteiger partial charge in [-0.1, -0.05) is 0 Å². The zero-order valence-corrected chi connectivity index (χ0v) is 15.5. The van der Waals surface area contributed by atoms with Gasteiger partial charge in [-0.3, -0.25) is 4.99 Å². The van der Waals surface area contributed by atoms with E-state index in [2.05, 4.69) is 15.0 Å². The molecule has 2 aromatic rings. The first-order valence-electron chi connectivity index (χ1n) is 7.09. The van der Waals surface area contributed by atoms with Crippen LogP contribution in [0.5, 0.6) is 5.75 Å². The van der Waals surface area contributed by atoms with Crippen LogP contribution in [0, 0.1) is 11.6 Å². The van der Waals surface area contributed by atoms with E-state index in [1.807, 2.05) is 0 Å². The minimum Gasteiger partial charge on any atom is -0.406 e. The van der Waals surface area contributed by atoms with Gasteiger partial charge < -0.3 is 15.8 Å². The fourth-order valence-corrected chi connectivity index (χ4v) is 1.99. The number of nitrogens with one attached hydrogen (secondary N) is 1. The maximum Gasteiger partial charge on any atom is 0.573 e. The van der Waals surface area contributed by atoms with E-state index >= 15 is 0 Å². The minimum atomic E-state index is -4.76. The van der Waals surface area contributed by atoms with Gasteiger partial charge in [0.15, 0.2) is 5.96 Å². The van der Waals surface area contributed by atoms with E-state index in [4.69, 9.17) is 5.73 Å². The van der Waals surface area contributed by atoms with Crippen LogP contribution in [0.4, 0.5) is 27.6 Å². The van der Waals surface area contributed by atoms with Gasteiger partial charge in [0, 0.05) is 18.3 Å². The molecule has 0 fully saturated rings. The number of rotatable bonds is 5. The molecule has 0 saturated carbocycles. The Morgan fingerprint density at radius 1 is 1.04 bits per heavy atom. The van der Waals surface area contributed by atoms with Crippen LogP contribution in [0.1, 0.15) is 5.56 Å². The van der Waals surface area contributed by atoms with Crippen molar-refractivity contribution >= 4 is 35.6 Å². The Kier molecular flexibility index (Phi) is 8.06. The molecule has 26 heavy (non-hydrogen) atoms. The Morgan fingerprint density at radius 2 is 1.62 bits per heavy atom. The van der Waals surface area contributed by atoms with Crippen molar-refractivity contribution in [1.82, 2.24) is 0 Å². The fraction of sp³-hybridized carbons (Fsp3) is 0.188. The van der Waals surface area contributed by atoms with E-state index in [0.29, 0.717) is 11.3 Å². The van der Waals surface area contributed by atoms with Crippen LogP contribution < -0.4 is 15.8 Å². The van der Waals surface area contributed by atoms with E-state index < -0.39 is 18.0 Å². The number of nitrogens with zero attached hydrogens (tertiary/aromatic N) is 1. The molecule has 0 saturated heterocycles. The molecule has 0 bridgehead atoms. The molecule has 0 spiro atoms. The second-order valence-corrected chi connectivity index (χ2v) is 4.99. The number of hydrogen-bond acceptors (Lipinski definition) is 2. The van der Waals surface area contributed by atoms with Gasteiger partial charge in [-0.15, -0.1) is 37.1 Å². The van der Waals surface area contributed by atoms with Crippen molar-refractivity contribution in [3.8, 4) is 5.75 Å². The number of aliphatic imine (C=N–C) groups is 1. The summed E-state index contributed by atoms with van der Waals surface area (Å²) in [5.74, 6) is -1.69. The lowest BCUT2D eigenvalue weighted by molar-refractivity contribution is -0.274. The van der Waals surface area contributed by atoms with Crippen LogP contribution in [0.3, 0.4) is 0 Å². The third kappa shape index (κ3) is 7.85. The largest absolute Gasteiger partial charge is 0.573 e. The Labute approximate surface area is 163 Å². The minimum absolute atomic E-state index is 0. The molecule has 3 N–H and O–H groups in total. The highest BCUT2D eigenvalue weighted by molar-refractivity contribution is 14.0. The Hall–Kier alpha value is -2.11. The van der Waals surface area contributed by atoms with Crippen molar-refractivity contribution in [2.45, 2.75) is 12.8 Å². The van der Waals surface area contributed by atoms with Crippen LogP contribution in [-0.2, 0) is 6.42 Å². The molecule has 0 aromatic heterocycles. The molecule has 0 heterocycles. The first-order valence-corrected chi connectivity index (χ1v) is 7.09. The summed E-state index contributed by atoms with van der Waals surface area (Å²) in [5, 5.41) is 2.68. The third-order valence-corrected chi connectivity index (χ3v) is 2.97. The Bertz CT molecular complexity index is 730. The average molecular weight is 487 g/mol. The lowest BCUT2D eigenvalue weighted by Crippen LogP contribution is -2.23. The molecule has 0 unspecified atom stereocenters. The highest BCUT2D eigenvalue weighted by atomic mass is 127. The second-order valence-electron chi connectivity index (χ2n) is 4.99. The molecular formula is C16H15F5IN3O. The van der Waals surface area contributed by atoms with Crippen molar-refractivity contribution < 1.29 is 26.7 Å². The molecule has 4 nitrogen and oxygen atoms in total. The van der Waals surface area contributed by atoms with Crippen molar-refractivity contribution in [2.75, 3.05) is 11.9 Å². The summed E-state index contributed by atoms with van der Waals surface area (Å²) >= 11 is 0. The predicted molar refractivity (Wildman–Crippen MR) is 98.7 cm³/mol. The summed E-state index contributed by atoms with van der Waals surface area (Å²) in [5.41, 5.74) is 6.49. The molecule has 0 aliphatic heterocycles. The smallest absolute Gasteiger partial charge is 0.406 e. The third-order valence-electron chi connectivity index (χ3n) is 2.97. The van der Waals surface area contributed by atoms with Gasteiger partial charge in [-0.2, -0.15) is 0 Å². The van der Waals surface area contributed by atoms with Crippen molar-refractivity contribution in [1.29, 1.82) is 0 Å². The van der Waals surface area contributed by atoms with Crippen LogP contribution in [-0.4, -0.2) is 18.9 Å². The molecule has 0 atom stereocenters. The monoisotopic (exact) mass is 487 g/mol. The lowest BCUT2D eigenvalue weighted by atomic mass is 10.1. The molecule has 0 aliphatic rings. The first-order chi connectivity index (χ1) is 11.7. The zero-order valence-electron chi connectivity index (χ0n) is 13.2. The second kappa shape index (κ2) is 9.55. The maximum absolute atomic E-state index is 13.0. The number of guanidine groups is 1. The normalized spacial score (nSPS) is 11.7. The maximum atomic E-state index is 13.0. The van der Waals surface area contributed by atoms with Gasteiger partial charge in [0.1, 0.15) is 17.4 Å². The summed E-state index contributed by atoms with van der Waals surface area (Å²) in [6, 6.07) is 8.09. The van der Waals surface area contributed by atoms with Crippen LogP contribution in [0.2, 0.25) is 0 Å². The first kappa shape index (κ1) is 21.9. The highest BCUT2D eigenvalue weighted by Crippen LogP contribution is 2.23. The molecule has 0 amide bonds. The van der Waals surface area contributed by atoms with Crippen molar-refractivity contribution in [3.05, 3.63) is 59.7 Å². The van der Waals surface area contributed by atoms with Crippen LogP contribution in [0.15, 0.2) is 47.5 Å². The molecule has 0 aliphatic carbocycles. The van der Waals surface area contributed by atoms with Gasteiger partial charge in [0.2, 0.25) is 0 Å². The van der Waals surface area contributed by atoms with Crippen LogP contribution in [0.25, 0.3) is 0 Å². The van der Waals surface area contributed by atoms with Crippen molar-refractivity contribution in [3.63, 3.8) is 0 Å². The molecule has 0 radical (unpaired) electrons. The van der Waals surface area contributed by atoms with E-state index in [9.17, 15) is 22.0 Å². The van der Waals surface area contributed by atoms with Gasteiger partial charge >= 0.3 is 6.36 Å². The standard InChI is InChI=1S/C16H14F5N3O.HI/c17-11-7-10(8-12(18)9-11)5-6-23-15(22)24-13-1-3-14(4-2-13)25-16(19,20)21;/h1-4,7-9H,5-6H2,(H3,22,23,24);1H. The Morgan fingerprint density at radius 3 is 2.15 bits per heavy atom. The summed E-state index contributed by atoms with van der Waals surface area (Å²) < 4.78 is 66.0. The van der Waals surface area contributed by atoms with Gasteiger partial charge in [0.25, 0.3) is 0 Å². The fourth-order valence-electron chi connectivity index (χ4n) is 1.99. The quantitative estimate of drug-likeness (QED) is 0.284. The molecule has 2 aromatic carbocycles. The van der Waals surface area contributed by atoms with E-state index in [-0.39, 0.29) is 48.7 Å². The zero-order chi connectivity index (χ0) is 18.4. The summed E-state index contributed by atoms with van der Waals surface area (Å²) in [4.78, 5) is 3.98. The molecule has 142 valence electrons. The number of alkyl halides is 3. The number of benzene rings is 2. The van der Waals surface area contributed by atoms with Crippen molar-refractivity contribution in [2.24, 2.45) is 10.7 Å². The van der Waals surface area contributed by atoms with Gasteiger partial charge in [-0.25, -0.2) is 8.78 Å². The Balaban J connectivity index is 0.00000338. The molecule has 10 heteroatoms. The summed E-state index contributed by atoms with van der Waals surface area (Å²) in [7, 11) is 0. The number of anilines is 1.